The van der Waals surface area contributed by atoms with Crippen LogP contribution in [0.4, 0.5) is 0 Å². The zero-order valence-electron chi connectivity index (χ0n) is 7.62. The molecule has 2 rings (SSSR count). The van der Waals surface area contributed by atoms with Crippen LogP contribution in [0, 0.1) is 0 Å². The van der Waals surface area contributed by atoms with E-state index in [1.807, 2.05) is 23.9 Å². The second kappa shape index (κ2) is 3.33. The normalized spacial score (nSPS) is 26.0. The van der Waals surface area contributed by atoms with Gasteiger partial charge >= 0.3 is 0 Å². The van der Waals surface area contributed by atoms with Crippen LogP contribution in [0.3, 0.4) is 0 Å². The Morgan fingerprint density at radius 3 is 3.00 bits per heavy atom. The minimum atomic E-state index is -0.249. The highest BCUT2D eigenvalue weighted by atomic mass is 32.2. The van der Waals surface area contributed by atoms with Crippen LogP contribution in [0.2, 0.25) is 0 Å². The predicted molar refractivity (Wildman–Crippen MR) is 54.9 cm³/mol. The quantitative estimate of drug-likeness (QED) is 0.778. The number of rotatable bonds is 2. The lowest BCUT2D eigenvalue weighted by molar-refractivity contribution is 0.0156. The first-order valence-corrected chi connectivity index (χ1v) is 5.28. The monoisotopic (exact) mass is 195 g/mol. The number of fused-ring (bicyclic) bond motifs is 1. The number of hydrogen-bond acceptors (Lipinski definition) is 3. The van der Waals surface area contributed by atoms with Crippen LogP contribution in [0.5, 0.6) is 0 Å². The van der Waals surface area contributed by atoms with Crippen molar-refractivity contribution in [2.45, 2.75) is 10.5 Å². The van der Waals surface area contributed by atoms with E-state index >= 15 is 0 Å². The summed E-state index contributed by atoms with van der Waals surface area (Å²) in [4.78, 5) is 1.30. The molecular formula is C10H13NOS. The standard InChI is InChI=1S/C10H13NOS/c1-12-10(6-11)7-13-9-5-3-2-4-8(9)10/h2-5H,6-7,11H2,1H3. The molecule has 1 aromatic carbocycles. The zero-order chi connectivity index (χ0) is 9.31. The summed E-state index contributed by atoms with van der Waals surface area (Å²) in [6, 6.07) is 8.31. The Labute approximate surface area is 82.5 Å². The summed E-state index contributed by atoms with van der Waals surface area (Å²) in [5.74, 6) is 0.930. The predicted octanol–water partition coefficient (Wildman–Crippen LogP) is 1.59. The van der Waals surface area contributed by atoms with Gasteiger partial charge in [-0.15, -0.1) is 11.8 Å². The first-order chi connectivity index (χ1) is 6.32. The van der Waals surface area contributed by atoms with Crippen molar-refractivity contribution in [3.05, 3.63) is 29.8 Å². The van der Waals surface area contributed by atoms with Gasteiger partial charge in [-0.2, -0.15) is 0 Å². The zero-order valence-corrected chi connectivity index (χ0v) is 8.43. The maximum Gasteiger partial charge on any atom is 0.115 e. The van der Waals surface area contributed by atoms with Crippen molar-refractivity contribution in [1.82, 2.24) is 0 Å². The molecule has 2 N–H and O–H groups in total. The molecule has 70 valence electrons. The summed E-state index contributed by atoms with van der Waals surface area (Å²) in [5.41, 5.74) is 6.75. The highest BCUT2D eigenvalue weighted by Crippen LogP contribution is 2.43. The molecule has 0 radical (unpaired) electrons. The number of thioether (sulfide) groups is 1. The van der Waals surface area contributed by atoms with Crippen LogP contribution < -0.4 is 5.73 Å². The van der Waals surface area contributed by atoms with Gasteiger partial charge in [0.05, 0.1) is 0 Å². The lowest BCUT2D eigenvalue weighted by Crippen LogP contribution is -2.37. The van der Waals surface area contributed by atoms with Crippen molar-refractivity contribution in [2.24, 2.45) is 5.73 Å². The summed E-state index contributed by atoms with van der Waals surface area (Å²) in [6.45, 7) is 0.549. The molecule has 1 aliphatic heterocycles. The third kappa shape index (κ3) is 1.27. The molecule has 1 heterocycles. The van der Waals surface area contributed by atoms with E-state index in [0.717, 1.165) is 5.75 Å². The van der Waals surface area contributed by atoms with Gasteiger partial charge in [-0.1, -0.05) is 18.2 Å². The topological polar surface area (TPSA) is 35.2 Å². The first-order valence-electron chi connectivity index (χ1n) is 4.30. The van der Waals surface area contributed by atoms with Gasteiger partial charge in [0.25, 0.3) is 0 Å². The average Bonchev–Trinajstić information content (AvgIpc) is 2.58. The Hall–Kier alpha value is -0.510. The number of hydrogen-bond donors (Lipinski definition) is 1. The summed E-state index contributed by atoms with van der Waals surface area (Å²) in [5, 5.41) is 0. The van der Waals surface area contributed by atoms with Gasteiger partial charge in [-0.3, -0.25) is 0 Å². The molecule has 2 nitrogen and oxygen atoms in total. The second-order valence-electron chi connectivity index (χ2n) is 3.19. The lowest BCUT2D eigenvalue weighted by Gasteiger charge is -2.25. The fourth-order valence-electron chi connectivity index (χ4n) is 1.66. The largest absolute Gasteiger partial charge is 0.371 e. The highest BCUT2D eigenvalue weighted by molar-refractivity contribution is 7.99. The van der Waals surface area contributed by atoms with Crippen LogP contribution in [-0.4, -0.2) is 19.4 Å². The Kier molecular flexibility index (Phi) is 2.32. The van der Waals surface area contributed by atoms with Crippen LogP contribution in [0.25, 0.3) is 0 Å². The van der Waals surface area contributed by atoms with E-state index in [0.29, 0.717) is 6.54 Å². The summed E-state index contributed by atoms with van der Waals surface area (Å²) in [7, 11) is 1.73. The van der Waals surface area contributed by atoms with E-state index in [2.05, 4.69) is 12.1 Å². The molecular weight excluding hydrogens is 182 g/mol. The molecule has 0 amide bonds. The van der Waals surface area contributed by atoms with Gasteiger partial charge in [0.2, 0.25) is 0 Å². The molecule has 0 spiro atoms. The fourth-order valence-corrected chi connectivity index (χ4v) is 3.03. The second-order valence-corrected chi connectivity index (χ2v) is 4.20. The Bertz CT molecular complexity index is 310. The Morgan fingerprint density at radius 2 is 2.31 bits per heavy atom. The van der Waals surface area contributed by atoms with Crippen molar-refractivity contribution in [1.29, 1.82) is 0 Å². The molecule has 0 bridgehead atoms. The molecule has 0 saturated heterocycles. The molecule has 0 aliphatic carbocycles. The van der Waals surface area contributed by atoms with Crippen LogP contribution in [0.15, 0.2) is 29.2 Å². The molecule has 13 heavy (non-hydrogen) atoms. The van der Waals surface area contributed by atoms with E-state index in [4.69, 9.17) is 10.5 Å². The van der Waals surface area contributed by atoms with Crippen molar-refractivity contribution < 1.29 is 4.74 Å². The minimum Gasteiger partial charge on any atom is -0.371 e. The van der Waals surface area contributed by atoms with E-state index in [1.165, 1.54) is 10.5 Å². The molecule has 3 heteroatoms. The maximum absolute atomic E-state index is 5.76. The summed E-state index contributed by atoms with van der Waals surface area (Å²) in [6.07, 6.45) is 0. The van der Waals surface area contributed by atoms with Crippen molar-refractivity contribution in [3.8, 4) is 0 Å². The van der Waals surface area contributed by atoms with Gasteiger partial charge in [0.15, 0.2) is 0 Å². The molecule has 0 saturated carbocycles. The highest BCUT2D eigenvalue weighted by Gasteiger charge is 2.37. The van der Waals surface area contributed by atoms with E-state index in [9.17, 15) is 0 Å². The van der Waals surface area contributed by atoms with Gasteiger partial charge in [-0.05, 0) is 11.6 Å². The van der Waals surface area contributed by atoms with E-state index in [1.54, 1.807) is 7.11 Å². The summed E-state index contributed by atoms with van der Waals surface area (Å²) >= 11 is 1.82. The summed E-state index contributed by atoms with van der Waals surface area (Å²) < 4.78 is 5.53. The molecule has 1 unspecified atom stereocenters. The van der Waals surface area contributed by atoms with E-state index < -0.39 is 0 Å². The average molecular weight is 195 g/mol. The number of methoxy groups -OCH3 is 1. The van der Waals surface area contributed by atoms with Crippen LogP contribution >= 0.6 is 11.8 Å². The van der Waals surface area contributed by atoms with Crippen molar-refractivity contribution >= 4 is 11.8 Å². The number of ether oxygens (including phenoxy) is 1. The SMILES string of the molecule is COC1(CN)CSc2ccccc21. The fraction of sp³-hybridized carbons (Fsp3) is 0.400. The molecule has 1 aromatic rings. The van der Waals surface area contributed by atoms with Crippen molar-refractivity contribution in [3.63, 3.8) is 0 Å². The third-order valence-corrected chi connectivity index (χ3v) is 3.84. The molecule has 1 atom stereocenters. The first kappa shape index (κ1) is 9.06. The lowest BCUT2D eigenvalue weighted by atomic mass is 9.96. The third-order valence-electron chi connectivity index (χ3n) is 2.56. The van der Waals surface area contributed by atoms with Gasteiger partial charge in [-0.25, -0.2) is 0 Å². The molecule has 0 fully saturated rings. The number of benzene rings is 1. The minimum absolute atomic E-state index is 0.249. The van der Waals surface area contributed by atoms with Crippen LogP contribution in [-0.2, 0) is 10.3 Å². The molecule has 1 aliphatic rings. The van der Waals surface area contributed by atoms with Gasteiger partial charge in [0, 0.05) is 24.3 Å². The maximum atomic E-state index is 5.76. The van der Waals surface area contributed by atoms with Gasteiger partial charge < -0.3 is 10.5 Å². The van der Waals surface area contributed by atoms with Crippen molar-refractivity contribution in [2.75, 3.05) is 19.4 Å². The van der Waals surface area contributed by atoms with E-state index in [-0.39, 0.29) is 5.60 Å². The van der Waals surface area contributed by atoms with Crippen LogP contribution in [0.1, 0.15) is 5.56 Å². The number of nitrogens with two attached hydrogens (primary N) is 1. The Morgan fingerprint density at radius 1 is 1.54 bits per heavy atom. The Balaban J connectivity index is 2.47. The molecule has 0 aromatic heterocycles. The smallest absolute Gasteiger partial charge is 0.115 e. The van der Waals surface area contributed by atoms with Gasteiger partial charge in [0.1, 0.15) is 5.60 Å².